The number of halogens is 2. The summed E-state index contributed by atoms with van der Waals surface area (Å²) in [4.78, 5) is 12.0. The highest BCUT2D eigenvalue weighted by atomic mass is 35.5. The number of para-hydroxylation sites is 1. The van der Waals surface area contributed by atoms with Gasteiger partial charge >= 0.3 is 0 Å². The molecular weight excluding hydrogens is 291 g/mol. The summed E-state index contributed by atoms with van der Waals surface area (Å²) < 4.78 is 13.5. The molecule has 5 heteroatoms. The topological polar surface area (TPSA) is 52.9 Å². The fraction of sp³-hybridized carbons (Fsp3) is 0. The van der Waals surface area contributed by atoms with Gasteiger partial charge in [0.15, 0.2) is 0 Å². The SMILES string of the molecule is N#C/C(=C\c1ccc(Cl)cc1)C(=O)Nc1ccccc1F. The van der Waals surface area contributed by atoms with Crippen molar-refractivity contribution in [3.05, 3.63) is 70.5 Å². The van der Waals surface area contributed by atoms with Crippen molar-refractivity contribution in [1.29, 1.82) is 5.26 Å². The molecule has 0 heterocycles. The number of anilines is 1. The predicted octanol–water partition coefficient (Wildman–Crippen LogP) is 4.02. The summed E-state index contributed by atoms with van der Waals surface area (Å²) in [5, 5.41) is 12.0. The van der Waals surface area contributed by atoms with Crippen LogP contribution < -0.4 is 5.32 Å². The van der Waals surface area contributed by atoms with Gasteiger partial charge in [0.2, 0.25) is 0 Å². The minimum Gasteiger partial charge on any atom is -0.319 e. The molecule has 21 heavy (non-hydrogen) atoms. The Morgan fingerprint density at radius 2 is 1.86 bits per heavy atom. The van der Waals surface area contributed by atoms with Crippen molar-refractivity contribution < 1.29 is 9.18 Å². The average Bonchev–Trinajstić information content (AvgIpc) is 2.49. The molecule has 2 aromatic carbocycles. The first-order valence-electron chi connectivity index (χ1n) is 6.03. The molecular formula is C16H10ClFN2O. The molecule has 1 amide bonds. The van der Waals surface area contributed by atoms with Crippen LogP contribution in [0.15, 0.2) is 54.1 Å². The first-order valence-corrected chi connectivity index (χ1v) is 6.41. The van der Waals surface area contributed by atoms with Crippen molar-refractivity contribution in [2.45, 2.75) is 0 Å². The molecule has 0 aliphatic heterocycles. The number of hydrogen-bond acceptors (Lipinski definition) is 2. The Kier molecular flexibility index (Phi) is 4.70. The number of nitrogens with one attached hydrogen (secondary N) is 1. The lowest BCUT2D eigenvalue weighted by molar-refractivity contribution is -0.112. The van der Waals surface area contributed by atoms with Crippen LogP contribution in [-0.2, 0) is 4.79 Å². The lowest BCUT2D eigenvalue weighted by Gasteiger charge is -2.05. The Bertz CT molecular complexity index is 733. The third-order valence-electron chi connectivity index (χ3n) is 2.67. The number of nitrogens with zero attached hydrogens (tertiary/aromatic N) is 1. The molecule has 2 rings (SSSR count). The highest BCUT2D eigenvalue weighted by Gasteiger charge is 2.11. The van der Waals surface area contributed by atoms with Crippen molar-refractivity contribution in [2.24, 2.45) is 0 Å². The van der Waals surface area contributed by atoms with Gasteiger partial charge in [0.25, 0.3) is 5.91 Å². The molecule has 0 bridgehead atoms. The maximum Gasteiger partial charge on any atom is 0.266 e. The van der Waals surface area contributed by atoms with E-state index in [2.05, 4.69) is 5.32 Å². The van der Waals surface area contributed by atoms with Crippen LogP contribution in [-0.4, -0.2) is 5.91 Å². The molecule has 3 nitrogen and oxygen atoms in total. The third kappa shape index (κ3) is 3.91. The van der Waals surface area contributed by atoms with Crippen LogP contribution in [0.25, 0.3) is 6.08 Å². The normalized spacial score (nSPS) is 10.8. The molecule has 104 valence electrons. The first kappa shape index (κ1) is 14.8. The number of hydrogen-bond donors (Lipinski definition) is 1. The molecule has 0 radical (unpaired) electrons. The molecule has 1 N–H and O–H groups in total. The zero-order valence-electron chi connectivity index (χ0n) is 10.8. The Morgan fingerprint density at radius 3 is 2.48 bits per heavy atom. The van der Waals surface area contributed by atoms with Crippen LogP contribution in [0, 0.1) is 17.1 Å². The second-order valence-electron chi connectivity index (χ2n) is 4.16. The summed E-state index contributed by atoms with van der Waals surface area (Å²) >= 11 is 5.76. The minimum absolute atomic E-state index is 0.0276. The third-order valence-corrected chi connectivity index (χ3v) is 2.92. The van der Waals surface area contributed by atoms with E-state index in [0.717, 1.165) is 0 Å². The Balaban J connectivity index is 2.21. The summed E-state index contributed by atoms with van der Waals surface area (Å²) in [6, 6.07) is 14.2. The van der Waals surface area contributed by atoms with Crippen LogP contribution in [0.1, 0.15) is 5.56 Å². The Hall–Kier alpha value is -2.64. The van der Waals surface area contributed by atoms with Gasteiger partial charge in [-0.3, -0.25) is 4.79 Å². The molecule has 0 aliphatic rings. The lowest BCUT2D eigenvalue weighted by Crippen LogP contribution is -2.14. The summed E-state index contributed by atoms with van der Waals surface area (Å²) in [5.74, 6) is -1.23. The van der Waals surface area contributed by atoms with Crippen LogP contribution >= 0.6 is 11.6 Å². The quantitative estimate of drug-likeness (QED) is 0.687. The number of carbonyl (C=O) groups excluding carboxylic acids is 1. The predicted molar refractivity (Wildman–Crippen MR) is 80.1 cm³/mol. The number of nitriles is 1. The zero-order chi connectivity index (χ0) is 15.2. The standard InChI is InChI=1S/C16H10ClFN2O/c17-13-7-5-11(6-8-13)9-12(10-19)16(21)20-15-4-2-1-3-14(15)18/h1-9H,(H,20,21)/b12-9+. The smallest absolute Gasteiger partial charge is 0.266 e. The number of rotatable bonds is 3. The van der Waals surface area contributed by atoms with Crippen LogP contribution in [0.4, 0.5) is 10.1 Å². The van der Waals surface area contributed by atoms with Crippen molar-refractivity contribution in [1.82, 2.24) is 0 Å². The fourth-order valence-corrected chi connectivity index (χ4v) is 1.75. The van der Waals surface area contributed by atoms with Gasteiger partial charge in [0.05, 0.1) is 5.69 Å². The molecule has 0 saturated carbocycles. The summed E-state index contributed by atoms with van der Waals surface area (Å²) in [6.07, 6.45) is 1.41. The van der Waals surface area contributed by atoms with E-state index < -0.39 is 11.7 Å². The van der Waals surface area contributed by atoms with E-state index in [1.54, 1.807) is 36.4 Å². The molecule has 0 saturated heterocycles. The maximum atomic E-state index is 13.5. The van der Waals surface area contributed by atoms with Crippen molar-refractivity contribution in [2.75, 3.05) is 5.32 Å². The van der Waals surface area contributed by atoms with Crippen molar-refractivity contribution >= 4 is 29.3 Å². The largest absolute Gasteiger partial charge is 0.319 e. The lowest BCUT2D eigenvalue weighted by atomic mass is 10.1. The fourth-order valence-electron chi connectivity index (χ4n) is 1.63. The van der Waals surface area contributed by atoms with Gasteiger partial charge in [-0.05, 0) is 35.9 Å². The monoisotopic (exact) mass is 300 g/mol. The highest BCUT2D eigenvalue weighted by Crippen LogP contribution is 2.16. The molecule has 2 aromatic rings. The van der Waals surface area contributed by atoms with Crippen molar-refractivity contribution in [3.63, 3.8) is 0 Å². The second-order valence-corrected chi connectivity index (χ2v) is 4.59. The van der Waals surface area contributed by atoms with E-state index in [4.69, 9.17) is 16.9 Å². The summed E-state index contributed by atoms with van der Waals surface area (Å²) in [5.41, 5.74) is 0.556. The second kappa shape index (κ2) is 6.69. The molecule has 0 fully saturated rings. The van der Waals surface area contributed by atoms with Gasteiger partial charge in [-0.2, -0.15) is 5.26 Å². The van der Waals surface area contributed by atoms with E-state index in [-0.39, 0.29) is 11.3 Å². The summed E-state index contributed by atoms with van der Waals surface area (Å²) in [6.45, 7) is 0. The molecule has 0 spiro atoms. The van der Waals surface area contributed by atoms with E-state index in [1.807, 2.05) is 0 Å². The van der Waals surface area contributed by atoms with E-state index in [9.17, 15) is 9.18 Å². The van der Waals surface area contributed by atoms with E-state index in [1.165, 1.54) is 24.3 Å². The van der Waals surface area contributed by atoms with Crippen LogP contribution in [0.3, 0.4) is 0 Å². The maximum absolute atomic E-state index is 13.5. The zero-order valence-corrected chi connectivity index (χ0v) is 11.6. The highest BCUT2D eigenvalue weighted by molar-refractivity contribution is 6.30. The average molecular weight is 301 g/mol. The van der Waals surface area contributed by atoms with Gasteiger partial charge in [0.1, 0.15) is 17.5 Å². The van der Waals surface area contributed by atoms with Gasteiger partial charge < -0.3 is 5.32 Å². The van der Waals surface area contributed by atoms with Crippen LogP contribution in [0.2, 0.25) is 5.02 Å². The van der Waals surface area contributed by atoms with Gasteiger partial charge in [-0.15, -0.1) is 0 Å². The van der Waals surface area contributed by atoms with Gasteiger partial charge in [0, 0.05) is 5.02 Å². The number of carbonyl (C=O) groups is 1. The molecule has 0 unspecified atom stereocenters. The van der Waals surface area contributed by atoms with E-state index in [0.29, 0.717) is 10.6 Å². The van der Waals surface area contributed by atoms with Crippen LogP contribution in [0.5, 0.6) is 0 Å². The minimum atomic E-state index is -0.669. The summed E-state index contributed by atoms with van der Waals surface area (Å²) in [7, 11) is 0. The van der Waals surface area contributed by atoms with Crippen molar-refractivity contribution in [3.8, 4) is 6.07 Å². The molecule has 0 aromatic heterocycles. The molecule has 0 aliphatic carbocycles. The first-order chi connectivity index (χ1) is 10.1. The van der Waals surface area contributed by atoms with E-state index >= 15 is 0 Å². The number of amides is 1. The Labute approximate surface area is 126 Å². The van der Waals surface area contributed by atoms with Gasteiger partial charge in [-0.1, -0.05) is 35.9 Å². The number of benzene rings is 2. The van der Waals surface area contributed by atoms with Gasteiger partial charge in [-0.25, -0.2) is 4.39 Å². The molecule has 0 atom stereocenters. The Morgan fingerprint density at radius 1 is 1.19 bits per heavy atom.